The Morgan fingerprint density at radius 1 is 1.26 bits per heavy atom. The lowest BCUT2D eigenvalue weighted by Crippen LogP contribution is -2.63. The van der Waals surface area contributed by atoms with Gasteiger partial charge in [0.1, 0.15) is 41.5 Å². The Hall–Kier alpha value is -3.57. The van der Waals surface area contributed by atoms with Crippen LogP contribution in [-0.4, -0.2) is 61.4 Å². The van der Waals surface area contributed by atoms with E-state index in [0.29, 0.717) is 17.7 Å². The van der Waals surface area contributed by atoms with E-state index in [4.69, 9.17) is 32.9 Å². The largest absolute Gasteiger partial charge is 0.509 e. The average Bonchev–Trinajstić information content (AvgIpc) is 3.17. The molecule has 11 nitrogen and oxygen atoms in total. The topological polar surface area (TPSA) is 135 Å². The number of ether oxygens (including phenoxy) is 5. The van der Waals surface area contributed by atoms with Crippen LogP contribution in [0.25, 0.3) is 11.0 Å². The molecule has 0 radical (unpaired) electrons. The number of aryl methyl sites for hydroxylation is 1. The highest BCUT2D eigenvalue weighted by Gasteiger charge is 2.60. The minimum Gasteiger partial charge on any atom is -0.506 e. The molecule has 1 aromatic heterocycles. The fraction of sp³-hybridized carbons (Fsp3) is 0.458. The summed E-state index contributed by atoms with van der Waals surface area (Å²) >= 11 is 0. The molecule has 5 atom stereocenters. The minimum atomic E-state index is -1.06. The molecule has 188 valence electrons. The van der Waals surface area contributed by atoms with E-state index in [1.807, 2.05) is 0 Å². The number of oxime groups is 1. The van der Waals surface area contributed by atoms with Crippen LogP contribution in [0.3, 0.4) is 0 Å². The number of nitrogens with zero attached hydrogens (tertiary/aromatic N) is 1. The van der Waals surface area contributed by atoms with Crippen LogP contribution in [0, 0.1) is 6.92 Å². The Morgan fingerprint density at radius 2 is 1.97 bits per heavy atom. The highest BCUT2D eigenvalue weighted by molar-refractivity contribution is 6.04. The van der Waals surface area contributed by atoms with E-state index >= 15 is 0 Å². The van der Waals surface area contributed by atoms with E-state index in [-0.39, 0.29) is 28.0 Å². The second-order valence-electron chi connectivity index (χ2n) is 8.52. The van der Waals surface area contributed by atoms with Crippen LogP contribution in [0.1, 0.15) is 31.4 Å². The second-order valence-corrected chi connectivity index (χ2v) is 8.52. The second kappa shape index (κ2) is 9.23. The number of aromatic hydroxyl groups is 1. The third-order valence-corrected chi connectivity index (χ3v) is 6.23. The Bertz CT molecular complexity index is 1250. The molecule has 1 unspecified atom stereocenters. The Labute approximate surface area is 200 Å². The normalized spacial score (nSPS) is 28.3. The van der Waals surface area contributed by atoms with Crippen LogP contribution in [0.4, 0.5) is 4.79 Å². The van der Waals surface area contributed by atoms with Gasteiger partial charge < -0.3 is 38.0 Å². The number of fused-ring (bicyclic) bond motifs is 2. The smallest absolute Gasteiger partial charge is 0.506 e. The molecule has 3 heterocycles. The maximum atomic E-state index is 12.6. The van der Waals surface area contributed by atoms with Gasteiger partial charge in [-0.3, -0.25) is 0 Å². The lowest BCUT2D eigenvalue weighted by Gasteiger charge is -2.46. The van der Waals surface area contributed by atoms with Crippen molar-refractivity contribution < 1.29 is 42.8 Å². The lowest BCUT2D eigenvalue weighted by molar-refractivity contribution is -0.287. The van der Waals surface area contributed by atoms with Gasteiger partial charge in [-0.2, -0.15) is 0 Å². The molecule has 1 N–H and O–H groups in total. The average molecular weight is 489 g/mol. The summed E-state index contributed by atoms with van der Waals surface area (Å²) in [6, 6.07) is 3.13. The van der Waals surface area contributed by atoms with Crippen molar-refractivity contribution in [3.63, 3.8) is 0 Å². The molecule has 0 aliphatic carbocycles. The summed E-state index contributed by atoms with van der Waals surface area (Å²) in [5.74, 6) is -0.00334. The van der Waals surface area contributed by atoms with E-state index in [2.05, 4.69) is 11.7 Å². The summed E-state index contributed by atoms with van der Waals surface area (Å²) in [6.45, 7) is 8.76. The van der Waals surface area contributed by atoms with Crippen LogP contribution in [0.2, 0.25) is 0 Å². The summed E-state index contributed by atoms with van der Waals surface area (Å²) in [5.41, 5.74) is -1.12. The van der Waals surface area contributed by atoms with Gasteiger partial charge in [0, 0.05) is 12.7 Å². The zero-order valence-corrected chi connectivity index (χ0v) is 20.0. The van der Waals surface area contributed by atoms with E-state index < -0.39 is 42.0 Å². The minimum absolute atomic E-state index is 0.105. The summed E-state index contributed by atoms with van der Waals surface area (Å²) in [4.78, 5) is 29.3. The number of rotatable bonds is 7. The molecule has 2 fully saturated rings. The van der Waals surface area contributed by atoms with Gasteiger partial charge in [0.05, 0.1) is 11.1 Å². The molecule has 35 heavy (non-hydrogen) atoms. The van der Waals surface area contributed by atoms with Crippen LogP contribution >= 0.6 is 0 Å². The van der Waals surface area contributed by atoms with Gasteiger partial charge >= 0.3 is 11.8 Å². The maximum Gasteiger partial charge on any atom is 0.509 e. The van der Waals surface area contributed by atoms with E-state index in [0.717, 1.165) is 0 Å². The fourth-order valence-corrected chi connectivity index (χ4v) is 4.62. The van der Waals surface area contributed by atoms with Crippen molar-refractivity contribution >= 4 is 22.8 Å². The monoisotopic (exact) mass is 489 g/mol. The number of methoxy groups -OCH3 is 1. The van der Waals surface area contributed by atoms with Crippen LogP contribution in [0.5, 0.6) is 11.5 Å². The first kappa shape index (κ1) is 24.6. The molecule has 0 saturated carbocycles. The van der Waals surface area contributed by atoms with Crippen LogP contribution < -0.4 is 10.4 Å². The molecule has 2 aromatic rings. The molecule has 4 rings (SSSR count). The predicted molar refractivity (Wildman–Crippen MR) is 123 cm³/mol. The lowest BCUT2D eigenvalue weighted by atomic mass is 9.85. The number of benzene rings is 1. The summed E-state index contributed by atoms with van der Waals surface area (Å²) < 4.78 is 34.2. The first-order valence-corrected chi connectivity index (χ1v) is 10.9. The molecular weight excluding hydrogens is 462 g/mol. The van der Waals surface area contributed by atoms with Crippen LogP contribution in [-0.2, 0) is 23.8 Å². The zero-order chi connectivity index (χ0) is 25.5. The highest BCUT2D eigenvalue weighted by Crippen LogP contribution is 2.42. The van der Waals surface area contributed by atoms with Gasteiger partial charge in [-0.25, -0.2) is 9.59 Å². The molecular formula is C24H27NO10. The molecule has 11 heteroatoms. The SMILES string of the molecule is C=CC[C@]1(C)OC(Oc2ccc3c(O)c(C(C)=NOC)c(=O)oc3c2C)[C@@H]2OC(=O)O[C@@H]2[C@H]1OC. The third-order valence-electron chi connectivity index (χ3n) is 6.23. The van der Waals surface area contributed by atoms with Crippen molar-refractivity contribution in [3.8, 4) is 11.5 Å². The molecule has 2 saturated heterocycles. The number of carbonyl (C=O) groups excluding carboxylic acids is 1. The first-order chi connectivity index (χ1) is 16.6. The van der Waals surface area contributed by atoms with E-state index in [1.165, 1.54) is 27.2 Å². The molecule has 0 bridgehead atoms. The van der Waals surface area contributed by atoms with Gasteiger partial charge in [0.25, 0.3) is 0 Å². The van der Waals surface area contributed by atoms with Crippen molar-refractivity contribution in [1.82, 2.24) is 0 Å². The number of hydrogen-bond acceptors (Lipinski definition) is 11. The summed E-state index contributed by atoms with van der Waals surface area (Å²) in [5, 5.41) is 14.7. The Kier molecular flexibility index (Phi) is 6.48. The van der Waals surface area contributed by atoms with Crippen molar-refractivity contribution in [2.75, 3.05) is 14.2 Å². The molecule has 0 spiro atoms. The maximum absolute atomic E-state index is 12.6. The van der Waals surface area contributed by atoms with Gasteiger partial charge in [-0.15, -0.1) is 6.58 Å². The van der Waals surface area contributed by atoms with E-state index in [9.17, 15) is 14.7 Å². The highest BCUT2D eigenvalue weighted by atomic mass is 16.8. The summed E-state index contributed by atoms with van der Waals surface area (Å²) in [6.07, 6.45) is -2.16. The number of hydrogen-bond donors (Lipinski definition) is 1. The van der Waals surface area contributed by atoms with Crippen molar-refractivity contribution in [1.29, 1.82) is 0 Å². The Balaban J connectivity index is 1.74. The molecule has 1 aromatic carbocycles. The molecule has 2 aliphatic heterocycles. The number of carbonyl (C=O) groups is 1. The Morgan fingerprint density at radius 3 is 2.63 bits per heavy atom. The van der Waals surface area contributed by atoms with Gasteiger partial charge in [0.15, 0.2) is 6.10 Å². The predicted octanol–water partition coefficient (Wildman–Crippen LogP) is 3.17. The van der Waals surface area contributed by atoms with E-state index in [1.54, 1.807) is 26.0 Å². The molecule has 0 amide bonds. The van der Waals surface area contributed by atoms with Crippen molar-refractivity contribution in [2.45, 2.75) is 57.4 Å². The zero-order valence-electron chi connectivity index (χ0n) is 20.0. The molecule has 2 aliphatic rings. The quantitative estimate of drug-likeness (QED) is 0.203. The van der Waals surface area contributed by atoms with Crippen molar-refractivity contribution in [2.24, 2.45) is 5.16 Å². The van der Waals surface area contributed by atoms with Gasteiger partial charge in [-0.1, -0.05) is 11.2 Å². The van der Waals surface area contributed by atoms with Gasteiger partial charge in [0.2, 0.25) is 12.4 Å². The van der Waals surface area contributed by atoms with Crippen molar-refractivity contribution in [3.05, 3.63) is 46.3 Å². The summed E-state index contributed by atoms with van der Waals surface area (Å²) in [7, 11) is 2.82. The van der Waals surface area contributed by atoms with Gasteiger partial charge in [-0.05, 0) is 39.3 Å². The third kappa shape index (κ3) is 4.10. The fourth-order valence-electron chi connectivity index (χ4n) is 4.62. The standard InChI is InChI=1S/C24H27NO10/c1-7-10-24(4)20(29-5)18-19(34-23(28)33-18)22(35-24)31-14-9-8-13-16(26)15(12(3)25-30-6)21(27)32-17(13)11(14)2/h7-9,18-20,22,26H,1,10H2,2-6H3/t18-,19+,20+,22?,24-/m0/s1. The van der Waals surface area contributed by atoms with Crippen LogP contribution in [0.15, 0.2) is 39.2 Å². The first-order valence-electron chi connectivity index (χ1n) is 10.9.